The molecule has 2 fully saturated rings. The van der Waals surface area contributed by atoms with Crippen molar-refractivity contribution in [1.29, 1.82) is 0 Å². The van der Waals surface area contributed by atoms with Gasteiger partial charge in [0.05, 0.1) is 0 Å². The van der Waals surface area contributed by atoms with Crippen LogP contribution in [-0.2, 0) is 0 Å². The van der Waals surface area contributed by atoms with Crippen molar-refractivity contribution in [2.45, 2.75) is 76.0 Å². The van der Waals surface area contributed by atoms with Crippen LogP contribution in [0.3, 0.4) is 0 Å². The highest BCUT2D eigenvalue weighted by atomic mass is 16.3. The summed E-state index contributed by atoms with van der Waals surface area (Å²) in [6.45, 7) is 0. The summed E-state index contributed by atoms with van der Waals surface area (Å²) in [5.74, 6) is 1.40. The molecule has 7 rings (SSSR count). The minimum absolute atomic E-state index is 0.700. The standard InChI is InChI=1S/C30H30O2/c1-3-7-19(8-4-1)21-11-13-27-23(15-21)25-17-30-26(18-29(25)31-27)24-16-22(12-14-28(24)32-30)20-9-5-2-6-10-20/h11-20H,1-10H2. The Morgan fingerprint density at radius 3 is 1.28 bits per heavy atom. The molecule has 2 saturated carbocycles. The molecule has 2 aliphatic carbocycles. The largest absolute Gasteiger partial charge is 0.456 e. The summed E-state index contributed by atoms with van der Waals surface area (Å²) in [4.78, 5) is 0. The summed E-state index contributed by atoms with van der Waals surface area (Å²) in [6, 6.07) is 18.1. The van der Waals surface area contributed by atoms with E-state index < -0.39 is 0 Å². The van der Waals surface area contributed by atoms with E-state index in [4.69, 9.17) is 8.83 Å². The molecule has 2 heterocycles. The number of hydrogen-bond acceptors (Lipinski definition) is 2. The Morgan fingerprint density at radius 2 is 0.844 bits per heavy atom. The number of rotatable bonds is 2. The van der Waals surface area contributed by atoms with Crippen molar-refractivity contribution < 1.29 is 8.83 Å². The van der Waals surface area contributed by atoms with E-state index in [1.165, 1.54) is 96.9 Å². The fourth-order valence-electron chi connectivity index (χ4n) is 6.46. The van der Waals surface area contributed by atoms with E-state index in [0.29, 0.717) is 11.8 Å². The van der Waals surface area contributed by atoms with Crippen molar-refractivity contribution in [2.75, 3.05) is 0 Å². The summed E-state index contributed by atoms with van der Waals surface area (Å²) < 4.78 is 12.7. The van der Waals surface area contributed by atoms with Gasteiger partial charge >= 0.3 is 0 Å². The van der Waals surface area contributed by atoms with Crippen molar-refractivity contribution in [3.8, 4) is 0 Å². The molecule has 0 amide bonds. The van der Waals surface area contributed by atoms with Crippen molar-refractivity contribution >= 4 is 43.9 Å². The topological polar surface area (TPSA) is 26.3 Å². The molecule has 0 spiro atoms. The Balaban J connectivity index is 1.37. The van der Waals surface area contributed by atoms with Gasteiger partial charge in [0, 0.05) is 21.5 Å². The van der Waals surface area contributed by atoms with E-state index in [0.717, 1.165) is 22.3 Å². The zero-order valence-corrected chi connectivity index (χ0v) is 18.7. The Hall–Kier alpha value is -2.74. The van der Waals surface area contributed by atoms with Crippen molar-refractivity contribution in [2.24, 2.45) is 0 Å². The van der Waals surface area contributed by atoms with Crippen molar-refractivity contribution in [1.82, 2.24) is 0 Å². The third-order valence-corrected chi connectivity index (χ3v) is 8.26. The summed E-state index contributed by atoms with van der Waals surface area (Å²) in [7, 11) is 0. The second-order valence-electron chi connectivity index (χ2n) is 10.2. The molecule has 5 aromatic rings. The fourth-order valence-corrected chi connectivity index (χ4v) is 6.46. The van der Waals surface area contributed by atoms with Crippen molar-refractivity contribution in [3.05, 3.63) is 59.7 Å². The first kappa shape index (κ1) is 18.8. The lowest BCUT2D eigenvalue weighted by Gasteiger charge is -2.21. The van der Waals surface area contributed by atoms with Gasteiger partial charge < -0.3 is 8.83 Å². The van der Waals surface area contributed by atoms with Crippen LogP contribution in [0, 0.1) is 0 Å². The summed E-state index contributed by atoms with van der Waals surface area (Å²) in [6.07, 6.45) is 13.5. The van der Waals surface area contributed by atoms with Crippen LogP contribution in [0.15, 0.2) is 57.4 Å². The molecular weight excluding hydrogens is 392 g/mol. The summed E-state index contributed by atoms with van der Waals surface area (Å²) >= 11 is 0. The van der Waals surface area contributed by atoms with Crippen LogP contribution in [-0.4, -0.2) is 0 Å². The zero-order valence-electron chi connectivity index (χ0n) is 18.7. The minimum Gasteiger partial charge on any atom is -0.456 e. The summed E-state index contributed by atoms with van der Waals surface area (Å²) in [5, 5.41) is 4.81. The number of hydrogen-bond donors (Lipinski definition) is 0. The first-order valence-electron chi connectivity index (χ1n) is 12.7. The van der Waals surface area contributed by atoms with Gasteiger partial charge in [-0.3, -0.25) is 0 Å². The molecule has 162 valence electrons. The first-order chi connectivity index (χ1) is 15.8. The summed E-state index contributed by atoms with van der Waals surface area (Å²) in [5.41, 5.74) is 6.86. The molecule has 2 aromatic heterocycles. The van der Waals surface area contributed by atoms with Gasteiger partial charge in [-0.15, -0.1) is 0 Å². The van der Waals surface area contributed by atoms with Gasteiger partial charge in [0.1, 0.15) is 22.3 Å². The Labute approximate surface area is 188 Å². The molecule has 32 heavy (non-hydrogen) atoms. The van der Waals surface area contributed by atoms with E-state index in [9.17, 15) is 0 Å². The minimum atomic E-state index is 0.700. The molecule has 0 radical (unpaired) electrons. The average molecular weight is 423 g/mol. The molecule has 0 saturated heterocycles. The Bertz CT molecular complexity index is 1330. The van der Waals surface area contributed by atoms with E-state index >= 15 is 0 Å². The Kier molecular flexibility index (Phi) is 4.35. The molecular formula is C30H30O2. The van der Waals surface area contributed by atoms with Crippen LogP contribution < -0.4 is 0 Å². The van der Waals surface area contributed by atoms with Crippen LogP contribution in [0.25, 0.3) is 43.9 Å². The smallest absolute Gasteiger partial charge is 0.136 e. The highest BCUT2D eigenvalue weighted by Gasteiger charge is 2.20. The maximum Gasteiger partial charge on any atom is 0.136 e. The molecule has 2 heteroatoms. The van der Waals surface area contributed by atoms with Gasteiger partial charge in [-0.1, -0.05) is 50.7 Å². The van der Waals surface area contributed by atoms with E-state index in [1.54, 1.807) is 0 Å². The molecule has 2 nitrogen and oxygen atoms in total. The SMILES string of the molecule is c1cc2oc3cc4c(cc3c2cc1C1CCCCC1)oc1ccc(C2CCCCC2)cc14. The highest BCUT2D eigenvalue weighted by Crippen LogP contribution is 2.41. The average Bonchev–Trinajstić information content (AvgIpc) is 3.40. The van der Waals surface area contributed by atoms with Crippen LogP contribution >= 0.6 is 0 Å². The highest BCUT2D eigenvalue weighted by molar-refractivity contribution is 6.14. The maximum absolute atomic E-state index is 6.33. The molecule has 0 N–H and O–H groups in total. The van der Waals surface area contributed by atoms with Gasteiger partial charge in [-0.25, -0.2) is 0 Å². The Morgan fingerprint density at radius 1 is 0.438 bits per heavy atom. The number of fused-ring (bicyclic) bond motifs is 6. The van der Waals surface area contributed by atoms with Gasteiger partial charge in [0.15, 0.2) is 0 Å². The van der Waals surface area contributed by atoms with Gasteiger partial charge in [0.25, 0.3) is 0 Å². The lowest BCUT2D eigenvalue weighted by Crippen LogP contribution is -2.04. The van der Waals surface area contributed by atoms with Crippen LogP contribution in [0.4, 0.5) is 0 Å². The third-order valence-electron chi connectivity index (χ3n) is 8.26. The normalized spacial score (nSPS) is 19.0. The van der Waals surface area contributed by atoms with Crippen molar-refractivity contribution in [3.63, 3.8) is 0 Å². The molecule has 3 aromatic carbocycles. The molecule has 0 bridgehead atoms. The lowest BCUT2D eigenvalue weighted by molar-refractivity contribution is 0.444. The fraction of sp³-hybridized carbons (Fsp3) is 0.400. The molecule has 2 aliphatic rings. The number of furan rings is 2. The second-order valence-corrected chi connectivity index (χ2v) is 10.2. The quantitative estimate of drug-likeness (QED) is 0.283. The second kappa shape index (κ2) is 7.40. The monoisotopic (exact) mass is 422 g/mol. The first-order valence-corrected chi connectivity index (χ1v) is 12.7. The predicted molar refractivity (Wildman–Crippen MR) is 133 cm³/mol. The van der Waals surface area contributed by atoms with Crippen LogP contribution in [0.1, 0.15) is 87.2 Å². The molecule has 0 unspecified atom stereocenters. The maximum atomic E-state index is 6.33. The van der Waals surface area contributed by atoms with Crippen LogP contribution in [0.2, 0.25) is 0 Å². The third kappa shape index (κ3) is 2.99. The lowest BCUT2D eigenvalue weighted by atomic mass is 9.83. The number of benzene rings is 3. The van der Waals surface area contributed by atoms with Gasteiger partial charge in [0.2, 0.25) is 0 Å². The van der Waals surface area contributed by atoms with E-state index in [-0.39, 0.29) is 0 Å². The van der Waals surface area contributed by atoms with Gasteiger partial charge in [-0.05, 0) is 85.0 Å². The van der Waals surface area contributed by atoms with E-state index in [2.05, 4.69) is 48.5 Å². The molecule has 0 aliphatic heterocycles. The predicted octanol–water partition coefficient (Wildman–Crippen LogP) is 9.58. The molecule has 0 atom stereocenters. The zero-order chi connectivity index (χ0) is 21.1. The van der Waals surface area contributed by atoms with Gasteiger partial charge in [-0.2, -0.15) is 0 Å². The van der Waals surface area contributed by atoms with E-state index in [1.807, 2.05) is 0 Å². The van der Waals surface area contributed by atoms with Crippen LogP contribution in [0.5, 0.6) is 0 Å².